The largest absolute Gasteiger partial charge is 0.434 e. The van der Waals surface area contributed by atoms with Crippen molar-refractivity contribution in [1.82, 2.24) is 15.6 Å². The summed E-state index contributed by atoms with van der Waals surface area (Å²) in [5, 5.41) is 7.88. The highest BCUT2D eigenvalue weighted by Crippen LogP contribution is 2.30. The van der Waals surface area contributed by atoms with E-state index in [9.17, 15) is 13.2 Å². The van der Waals surface area contributed by atoms with Gasteiger partial charge in [0.25, 0.3) is 0 Å². The predicted molar refractivity (Wildman–Crippen MR) is 125 cm³/mol. The maximum absolute atomic E-state index is 12.6. The van der Waals surface area contributed by atoms with Crippen molar-refractivity contribution >= 4 is 47.0 Å². The van der Waals surface area contributed by atoms with Crippen LogP contribution in [0.25, 0.3) is 0 Å². The lowest BCUT2D eigenvalue weighted by atomic mass is 10.1. The van der Waals surface area contributed by atoms with Gasteiger partial charge in [0, 0.05) is 51.2 Å². The van der Waals surface area contributed by atoms with Gasteiger partial charge >= 0.3 is 6.18 Å². The summed E-state index contributed by atoms with van der Waals surface area (Å²) in [5.74, 6) is 0.653. The van der Waals surface area contributed by atoms with E-state index in [0.29, 0.717) is 37.0 Å². The number of guanidine groups is 1. The van der Waals surface area contributed by atoms with Crippen LogP contribution in [0.2, 0.25) is 0 Å². The zero-order valence-corrected chi connectivity index (χ0v) is 19.9. The first-order chi connectivity index (χ1) is 13.3. The highest BCUT2D eigenvalue weighted by Gasteiger charge is 2.33. The number of anilines is 1. The highest BCUT2D eigenvalue weighted by molar-refractivity contribution is 14.0. The molecule has 162 valence electrons. The Morgan fingerprint density at radius 1 is 1.14 bits per heavy atom. The Balaban J connectivity index is 0.00000420. The lowest BCUT2D eigenvalue weighted by molar-refractivity contribution is -0.140. The summed E-state index contributed by atoms with van der Waals surface area (Å²) in [5.41, 5.74) is 1.54. The van der Waals surface area contributed by atoms with Crippen molar-refractivity contribution < 1.29 is 13.2 Å². The van der Waals surface area contributed by atoms with E-state index in [1.54, 1.807) is 0 Å². The fourth-order valence-electron chi connectivity index (χ4n) is 2.45. The van der Waals surface area contributed by atoms with Gasteiger partial charge in [0.15, 0.2) is 11.7 Å². The molecule has 2 aromatic rings. The molecule has 29 heavy (non-hydrogen) atoms. The zero-order chi connectivity index (χ0) is 20.6. The third kappa shape index (κ3) is 8.77. The van der Waals surface area contributed by atoms with Crippen LogP contribution in [0.3, 0.4) is 0 Å². The van der Waals surface area contributed by atoms with Crippen LogP contribution in [-0.2, 0) is 19.0 Å². The number of nitrogens with zero attached hydrogens (tertiary/aromatic N) is 3. The monoisotopic (exact) mass is 541 g/mol. The van der Waals surface area contributed by atoms with Crippen LogP contribution in [0, 0.1) is 0 Å². The lowest BCUT2D eigenvalue weighted by Crippen LogP contribution is -2.38. The fraction of sp³-hybridized carbons (Fsp3) is 0.474. The molecule has 1 heterocycles. The summed E-state index contributed by atoms with van der Waals surface area (Å²) in [7, 11) is 4.01. The number of nitrogens with one attached hydrogen (secondary N) is 2. The number of hydrogen-bond donors (Lipinski definition) is 2. The third-order valence-electron chi connectivity index (χ3n) is 3.94. The molecule has 0 saturated carbocycles. The Hall–Kier alpha value is -1.56. The average Bonchev–Trinajstić information content (AvgIpc) is 3.11. The molecule has 0 fully saturated rings. The fourth-order valence-corrected chi connectivity index (χ4v) is 3.24. The SMILES string of the molecule is CCNC(=NCCc1nc(C(F)(F)F)cs1)NCCc1ccc(N(C)C)cc1.I. The van der Waals surface area contributed by atoms with E-state index in [4.69, 9.17) is 0 Å². The Morgan fingerprint density at radius 2 is 1.83 bits per heavy atom. The highest BCUT2D eigenvalue weighted by atomic mass is 127. The van der Waals surface area contributed by atoms with Gasteiger partial charge in [0.1, 0.15) is 0 Å². The summed E-state index contributed by atoms with van der Waals surface area (Å²) < 4.78 is 37.8. The summed E-state index contributed by atoms with van der Waals surface area (Å²) in [6.45, 7) is 3.76. The maximum Gasteiger partial charge on any atom is 0.434 e. The van der Waals surface area contributed by atoms with Crippen LogP contribution in [0.1, 0.15) is 23.2 Å². The van der Waals surface area contributed by atoms with E-state index < -0.39 is 11.9 Å². The molecular formula is C19H27F3IN5S. The van der Waals surface area contributed by atoms with E-state index >= 15 is 0 Å². The molecule has 0 aliphatic rings. The van der Waals surface area contributed by atoms with Crippen LogP contribution >= 0.6 is 35.3 Å². The first-order valence-electron chi connectivity index (χ1n) is 9.09. The second kappa shape index (κ2) is 12.2. The van der Waals surface area contributed by atoms with Crippen molar-refractivity contribution in [2.45, 2.75) is 25.9 Å². The Labute approximate surface area is 190 Å². The number of halogens is 4. The smallest absolute Gasteiger partial charge is 0.378 e. The van der Waals surface area contributed by atoms with Crippen molar-refractivity contribution in [3.63, 3.8) is 0 Å². The van der Waals surface area contributed by atoms with Crippen molar-refractivity contribution in [1.29, 1.82) is 0 Å². The molecule has 10 heteroatoms. The minimum absolute atomic E-state index is 0. The van der Waals surface area contributed by atoms with Gasteiger partial charge in [-0.15, -0.1) is 35.3 Å². The van der Waals surface area contributed by atoms with Gasteiger partial charge in [0.05, 0.1) is 5.01 Å². The number of aromatic nitrogens is 1. The zero-order valence-electron chi connectivity index (χ0n) is 16.7. The molecule has 0 aliphatic carbocycles. The van der Waals surface area contributed by atoms with E-state index in [2.05, 4.69) is 49.8 Å². The van der Waals surface area contributed by atoms with E-state index in [0.717, 1.165) is 28.8 Å². The number of thiazole rings is 1. The topological polar surface area (TPSA) is 52.6 Å². The summed E-state index contributed by atoms with van der Waals surface area (Å²) >= 11 is 1.02. The van der Waals surface area contributed by atoms with Crippen molar-refractivity contribution in [3.8, 4) is 0 Å². The molecule has 0 aliphatic heterocycles. The quantitative estimate of drug-likeness (QED) is 0.299. The molecule has 1 aromatic heterocycles. The first kappa shape index (κ1) is 25.5. The van der Waals surface area contributed by atoms with E-state index in [-0.39, 0.29) is 24.0 Å². The standard InChI is InChI=1S/C19H26F3N5S.HI/c1-4-23-18(24-11-9-14-5-7-15(8-6-14)27(2)3)25-12-10-17-26-16(13-28-17)19(20,21)22;/h5-8,13H,4,9-12H2,1-3H3,(H2,23,24,25);1H. The maximum atomic E-state index is 12.6. The molecule has 0 radical (unpaired) electrons. The number of benzene rings is 1. The number of aliphatic imine (C=N–C) groups is 1. The molecule has 2 rings (SSSR count). The molecule has 0 spiro atoms. The Morgan fingerprint density at radius 3 is 2.38 bits per heavy atom. The minimum Gasteiger partial charge on any atom is -0.378 e. The molecule has 2 N–H and O–H groups in total. The van der Waals surface area contributed by atoms with Crippen LogP contribution in [-0.4, -0.2) is 44.7 Å². The Bertz CT molecular complexity index is 760. The Kier molecular flexibility index (Phi) is 10.7. The van der Waals surface area contributed by atoms with Crippen molar-refractivity contribution in [3.05, 3.63) is 45.9 Å². The van der Waals surface area contributed by atoms with Crippen LogP contribution in [0.5, 0.6) is 0 Å². The number of hydrogen-bond acceptors (Lipinski definition) is 4. The van der Waals surface area contributed by atoms with Gasteiger partial charge < -0.3 is 15.5 Å². The van der Waals surface area contributed by atoms with Gasteiger partial charge in [-0.2, -0.15) is 13.2 Å². The lowest BCUT2D eigenvalue weighted by Gasteiger charge is -2.13. The van der Waals surface area contributed by atoms with Gasteiger partial charge in [-0.05, 0) is 31.0 Å². The van der Waals surface area contributed by atoms with Gasteiger partial charge in [0.2, 0.25) is 0 Å². The molecule has 0 unspecified atom stereocenters. The van der Waals surface area contributed by atoms with Crippen LogP contribution < -0.4 is 15.5 Å². The summed E-state index contributed by atoms with van der Waals surface area (Å²) in [6.07, 6.45) is -3.16. The molecular weight excluding hydrogens is 514 g/mol. The molecule has 5 nitrogen and oxygen atoms in total. The normalized spacial score (nSPS) is 11.7. The summed E-state index contributed by atoms with van der Waals surface area (Å²) in [6, 6.07) is 8.36. The molecule has 0 amide bonds. The third-order valence-corrected chi connectivity index (χ3v) is 4.85. The van der Waals surface area contributed by atoms with Crippen molar-refractivity contribution in [2.75, 3.05) is 38.6 Å². The minimum atomic E-state index is -4.39. The van der Waals surface area contributed by atoms with E-state index in [1.807, 2.05) is 21.0 Å². The van der Waals surface area contributed by atoms with Gasteiger partial charge in [-0.1, -0.05) is 12.1 Å². The van der Waals surface area contributed by atoms with Gasteiger partial charge in [-0.25, -0.2) is 4.98 Å². The van der Waals surface area contributed by atoms with Crippen LogP contribution in [0.15, 0.2) is 34.6 Å². The first-order valence-corrected chi connectivity index (χ1v) is 9.97. The van der Waals surface area contributed by atoms with Crippen LogP contribution in [0.4, 0.5) is 18.9 Å². The average molecular weight is 541 g/mol. The molecule has 1 aromatic carbocycles. The molecule has 0 atom stereocenters. The second-order valence-electron chi connectivity index (χ2n) is 6.37. The number of alkyl halides is 3. The molecule has 0 bridgehead atoms. The van der Waals surface area contributed by atoms with Gasteiger partial charge in [-0.3, -0.25) is 4.99 Å². The molecule has 0 saturated heterocycles. The predicted octanol–water partition coefficient (Wildman–Crippen LogP) is 4.19. The number of rotatable bonds is 8. The van der Waals surface area contributed by atoms with E-state index in [1.165, 1.54) is 5.56 Å². The summed E-state index contributed by atoms with van der Waals surface area (Å²) in [4.78, 5) is 10.1. The second-order valence-corrected chi connectivity index (χ2v) is 7.32. The van der Waals surface area contributed by atoms with Crippen molar-refractivity contribution in [2.24, 2.45) is 4.99 Å².